The van der Waals surface area contributed by atoms with Crippen LogP contribution in [0.25, 0.3) is 0 Å². The fourth-order valence-corrected chi connectivity index (χ4v) is 2.53. The lowest BCUT2D eigenvalue weighted by Crippen LogP contribution is -2.33. The summed E-state index contributed by atoms with van der Waals surface area (Å²) < 4.78 is 2.27. The Bertz CT molecular complexity index is 725. The molecule has 0 aliphatic rings. The van der Waals surface area contributed by atoms with Crippen LogP contribution in [0, 0.1) is 0 Å². The number of benzene rings is 1. The van der Waals surface area contributed by atoms with Gasteiger partial charge in [-0.05, 0) is 33.6 Å². The summed E-state index contributed by atoms with van der Waals surface area (Å²) in [6.45, 7) is 0. The van der Waals surface area contributed by atoms with E-state index in [-0.39, 0.29) is 0 Å². The summed E-state index contributed by atoms with van der Waals surface area (Å²) in [4.78, 5) is 26.0. The zero-order valence-electron chi connectivity index (χ0n) is 10.0. The third-order valence-corrected chi connectivity index (χ3v) is 4.20. The summed E-state index contributed by atoms with van der Waals surface area (Å²) in [5.41, 5.74) is 5.94. The summed E-state index contributed by atoms with van der Waals surface area (Å²) >= 11 is 4.67. The number of hydrogen-bond donors (Lipinski definition) is 2. The van der Waals surface area contributed by atoms with E-state index in [0.29, 0.717) is 16.6 Å². The van der Waals surface area contributed by atoms with E-state index in [9.17, 15) is 9.59 Å². The van der Waals surface area contributed by atoms with Crippen LogP contribution < -0.4 is 16.9 Å². The lowest BCUT2D eigenvalue weighted by atomic mass is 10.2. The molecule has 0 atom stereocenters. The molecule has 0 bridgehead atoms. The Balaban J connectivity index is 2.19. The Morgan fingerprint density at radius 2 is 2.21 bits per heavy atom. The van der Waals surface area contributed by atoms with Crippen LogP contribution in [0.15, 0.2) is 37.4 Å². The minimum absolute atomic E-state index is 0.450. The molecular weight excluding hydrogens is 332 g/mol. The highest BCUT2D eigenvalue weighted by molar-refractivity contribution is 9.10. The number of nitrogens with two attached hydrogens (primary N) is 1. The largest absolute Gasteiger partial charge is 0.398 e. The van der Waals surface area contributed by atoms with Gasteiger partial charge >= 0.3 is 11.1 Å². The van der Waals surface area contributed by atoms with Crippen LogP contribution in [0.4, 0.5) is 5.69 Å². The molecule has 2 aromatic rings. The number of thioether (sulfide) groups is 1. The Morgan fingerprint density at radius 3 is 2.89 bits per heavy atom. The molecule has 0 saturated carbocycles. The van der Waals surface area contributed by atoms with Crippen molar-refractivity contribution in [2.75, 3.05) is 5.73 Å². The first-order valence-electron chi connectivity index (χ1n) is 5.31. The molecule has 0 fully saturated rings. The summed E-state index contributed by atoms with van der Waals surface area (Å²) in [6.07, 6.45) is 0. The number of aromatic amines is 1. The molecule has 0 spiro atoms. The molecule has 6 nitrogen and oxygen atoms in total. The van der Waals surface area contributed by atoms with Gasteiger partial charge in [-0.25, -0.2) is 0 Å². The minimum Gasteiger partial charge on any atom is -0.398 e. The fourth-order valence-electron chi connectivity index (χ4n) is 1.42. The number of nitrogens with zero attached hydrogens (tertiary/aromatic N) is 2. The van der Waals surface area contributed by atoms with Crippen molar-refractivity contribution in [1.29, 1.82) is 0 Å². The zero-order chi connectivity index (χ0) is 14.0. The fraction of sp³-hybridized carbons (Fsp3) is 0.182. The van der Waals surface area contributed by atoms with Gasteiger partial charge in [0.1, 0.15) is 0 Å². The van der Waals surface area contributed by atoms with Crippen molar-refractivity contribution in [3.05, 3.63) is 48.9 Å². The second-order valence-electron chi connectivity index (χ2n) is 3.84. The first-order chi connectivity index (χ1) is 8.97. The monoisotopic (exact) mass is 342 g/mol. The van der Waals surface area contributed by atoms with Gasteiger partial charge in [-0.1, -0.05) is 17.8 Å². The number of aromatic nitrogens is 3. The number of nitrogen functional groups attached to an aromatic ring is 1. The molecule has 2 rings (SSSR count). The van der Waals surface area contributed by atoms with E-state index in [2.05, 4.69) is 26.0 Å². The summed E-state index contributed by atoms with van der Waals surface area (Å²) in [5, 5.41) is 2.85. The van der Waals surface area contributed by atoms with Crippen molar-refractivity contribution in [2.24, 2.45) is 7.05 Å². The van der Waals surface area contributed by atoms with E-state index >= 15 is 0 Å². The van der Waals surface area contributed by atoms with Gasteiger partial charge in [-0.2, -0.15) is 4.98 Å². The molecule has 8 heteroatoms. The van der Waals surface area contributed by atoms with Gasteiger partial charge in [0.05, 0.1) is 0 Å². The maximum absolute atomic E-state index is 11.2. The van der Waals surface area contributed by atoms with Crippen LogP contribution in [0.5, 0.6) is 0 Å². The van der Waals surface area contributed by atoms with Crippen molar-refractivity contribution in [2.45, 2.75) is 10.9 Å². The van der Waals surface area contributed by atoms with Gasteiger partial charge in [0.2, 0.25) is 0 Å². The Morgan fingerprint density at radius 1 is 1.47 bits per heavy atom. The summed E-state index contributed by atoms with van der Waals surface area (Å²) in [7, 11) is 1.63. The lowest BCUT2D eigenvalue weighted by Gasteiger charge is -2.06. The molecule has 100 valence electrons. The standard InChI is InChI=1S/C11H11BrN4O2S/c1-16-11(14-9(17)10(18)15-16)19-5-6-2-3-7(12)8(13)4-6/h2-4H,5,13H2,1H3,(H,15,18). The third kappa shape index (κ3) is 3.27. The normalized spacial score (nSPS) is 10.6. The van der Waals surface area contributed by atoms with Gasteiger partial charge in [0.25, 0.3) is 0 Å². The number of anilines is 1. The van der Waals surface area contributed by atoms with Crippen LogP contribution in [-0.4, -0.2) is 14.8 Å². The number of rotatable bonds is 3. The van der Waals surface area contributed by atoms with Crippen LogP contribution in [0.2, 0.25) is 0 Å². The number of hydrogen-bond acceptors (Lipinski definition) is 5. The van der Waals surface area contributed by atoms with Crippen molar-refractivity contribution >= 4 is 33.4 Å². The van der Waals surface area contributed by atoms with Crippen LogP contribution in [0.3, 0.4) is 0 Å². The lowest BCUT2D eigenvalue weighted by molar-refractivity contribution is 0.596. The zero-order valence-corrected chi connectivity index (χ0v) is 12.4. The number of aryl methyl sites for hydroxylation is 1. The second kappa shape index (κ2) is 5.62. The third-order valence-electron chi connectivity index (χ3n) is 2.38. The topological polar surface area (TPSA) is 93.8 Å². The van der Waals surface area contributed by atoms with Crippen LogP contribution in [-0.2, 0) is 12.8 Å². The first-order valence-corrected chi connectivity index (χ1v) is 7.09. The van der Waals surface area contributed by atoms with Crippen molar-refractivity contribution in [3.8, 4) is 0 Å². The number of H-pyrrole nitrogens is 1. The average molecular weight is 343 g/mol. The van der Waals surface area contributed by atoms with Gasteiger partial charge in [0.15, 0.2) is 5.16 Å². The maximum atomic E-state index is 11.2. The molecule has 19 heavy (non-hydrogen) atoms. The maximum Gasteiger partial charge on any atom is 0.339 e. The van der Waals surface area contributed by atoms with Crippen molar-refractivity contribution in [3.63, 3.8) is 0 Å². The predicted octanol–water partition coefficient (Wildman–Crippen LogP) is 1.11. The second-order valence-corrected chi connectivity index (χ2v) is 5.64. The van der Waals surface area contributed by atoms with E-state index in [1.807, 2.05) is 18.2 Å². The van der Waals surface area contributed by atoms with Crippen molar-refractivity contribution in [1.82, 2.24) is 14.8 Å². The molecule has 0 aliphatic heterocycles. The minimum atomic E-state index is -0.782. The van der Waals surface area contributed by atoms with E-state index in [1.54, 1.807) is 7.05 Å². The summed E-state index contributed by atoms with van der Waals surface area (Å²) in [6, 6.07) is 5.64. The summed E-state index contributed by atoms with van der Waals surface area (Å²) in [5.74, 6) is 0.601. The number of halogens is 1. The quantitative estimate of drug-likeness (QED) is 0.495. The molecule has 0 aliphatic carbocycles. The van der Waals surface area contributed by atoms with Gasteiger partial charge in [-0.3, -0.25) is 19.4 Å². The number of nitrogens with one attached hydrogen (secondary N) is 1. The Hall–Kier alpha value is -1.54. The first kappa shape index (κ1) is 13.9. The Kier molecular flexibility index (Phi) is 4.11. The molecule has 3 N–H and O–H groups in total. The molecule has 0 saturated heterocycles. The van der Waals surface area contributed by atoms with E-state index < -0.39 is 11.1 Å². The highest BCUT2D eigenvalue weighted by Gasteiger charge is 2.05. The van der Waals surface area contributed by atoms with Gasteiger partial charge in [0, 0.05) is 23.0 Å². The van der Waals surface area contributed by atoms with Crippen LogP contribution >= 0.6 is 27.7 Å². The average Bonchev–Trinajstić information content (AvgIpc) is 2.36. The van der Waals surface area contributed by atoms with Crippen LogP contribution in [0.1, 0.15) is 5.56 Å². The SMILES string of the molecule is Cn1[nH]c(=O)c(=O)nc1SCc1ccc(Br)c(N)c1. The highest BCUT2D eigenvalue weighted by atomic mass is 79.9. The molecular formula is C11H11BrN4O2S. The molecule has 0 amide bonds. The molecule has 1 aromatic heterocycles. The van der Waals surface area contributed by atoms with E-state index in [1.165, 1.54) is 16.4 Å². The molecule has 1 heterocycles. The van der Waals surface area contributed by atoms with Crippen molar-refractivity contribution < 1.29 is 0 Å². The highest BCUT2D eigenvalue weighted by Crippen LogP contribution is 2.24. The smallest absolute Gasteiger partial charge is 0.339 e. The molecule has 1 aromatic carbocycles. The van der Waals surface area contributed by atoms with Gasteiger partial charge in [-0.15, -0.1) is 0 Å². The van der Waals surface area contributed by atoms with E-state index in [0.717, 1.165) is 10.0 Å². The molecule has 0 radical (unpaired) electrons. The molecule has 0 unspecified atom stereocenters. The Labute approximate surface area is 121 Å². The van der Waals surface area contributed by atoms with E-state index in [4.69, 9.17) is 5.73 Å². The predicted molar refractivity (Wildman–Crippen MR) is 78.2 cm³/mol. The van der Waals surface area contributed by atoms with Gasteiger partial charge < -0.3 is 5.73 Å².